The van der Waals surface area contributed by atoms with E-state index in [0.717, 1.165) is 18.5 Å². The quantitative estimate of drug-likeness (QED) is 0.548. The molecule has 5 heteroatoms. The Kier molecular flexibility index (Phi) is 1.95. The summed E-state index contributed by atoms with van der Waals surface area (Å²) in [6, 6.07) is 0.431. The highest BCUT2D eigenvalue weighted by atomic mass is 35.5. The molecule has 0 bridgehead atoms. The van der Waals surface area contributed by atoms with Crippen molar-refractivity contribution in [2.45, 2.75) is 18.9 Å². The number of rotatable bonds is 1. The summed E-state index contributed by atoms with van der Waals surface area (Å²) in [5.41, 5.74) is 1.51. The number of fused-ring (bicyclic) bond motifs is 1. The number of aromatic nitrogens is 4. The van der Waals surface area contributed by atoms with Gasteiger partial charge in [0.2, 0.25) is 0 Å². The zero-order valence-electron chi connectivity index (χ0n) is 7.97. The van der Waals surface area contributed by atoms with E-state index in [0.29, 0.717) is 16.7 Å². The van der Waals surface area contributed by atoms with Crippen molar-refractivity contribution < 1.29 is 0 Å². The van der Waals surface area contributed by atoms with Crippen molar-refractivity contribution in [2.75, 3.05) is 0 Å². The van der Waals surface area contributed by atoms with Crippen molar-refractivity contribution >= 4 is 22.8 Å². The second-order valence-electron chi connectivity index (χ2n) is 3.59. The van der Waals surface area contributed by atoms with Crippen LogP contribution in [0.25, 0.3) is 11.2 Å². The Morgan fingerprint density at radius 2 is 2.00 bits per heavy atom. The smallest absolute Gasteiger partial charge is 0.165 e. The number of hydrogen-bond acceptors (Lipinski definition) is 3. The second-order valence-corrected chi connectivity index (χ2v) is 3.94. The summed E-state index contributed by atoms with van der Waals surface area (Å²) in [5.74, 6) is 0. The molecule has 0 atom stereocenters. The largest absolute Gasteiger partial charge is 0.311 e. The number of halogens is 1. The molecule has 0 amide bonds. The van der Waals surface area contributed by atoms with Gasteiger partial charge in [0.15, 0.2) is 10.8 Å². The van der Waals surface area contributed by atoms with Crippen LogP contribution in [-0.2, 0) is 0 Å². The van der Waals surface area contributed by atoms with Crippen LogP contribution in [0.1, 0.15) is 18.9 Å². The molecule has 15 heavy (non-hydrogen) atoms. The lowest BCUT2D eigenvalue weighted by atomic mass is 10.2. The standard InChI is InChI=1S/C10H9ClN4/c11-9-8-10(13-5-12-9)15(6-14-8)7-3-1-2-4-7/h1-2,5-7H,3-4H2. The van der Waals surface area contributed by atoms with E-state index < -0.39 is 0 Å². The molecule has 0 aliphatic heterocycles. The van der Waals surface area contributed by atoms with Gasteiger partial charge in [0.05, 0.1) is 6.33 Å². The first-order valence-electron chi connectivity index (χ1n) is 4.84. The summed E-state index contributed by atoms with van der Waals surface area (Å²) in [6.07, 6.45) is 9.70. The Labute approximate surface area is 91.6 Å². The van der Waals surface area contributed by atoms with E-state index in [-0.39, 0.29) is 0 Å². The Bertz CT molecular complexity index is 523. The maximum Gasteiger partial charge on any atom is 0.165 e. The van der Waals surface area contributed by atoms with Crippen LogP contribution in [0, 0.1) is 0 Å². The minimum atomic E-state index is 0.421. The molecule has 0 unspecified atom stereocenters. The molecule has 0 aromatic carbocycles. The van der Waals surface area contributed by atoms with E-state index in [1.807, 2.05) is 0 Å². The zero-order chi connectivity index (χ0) is 10.3. The molecule has 3 rings (SSSR count). The van der Waals surface area contributed by atoms with Gasteiger partial charge in [0, 0.05) is 6.04 Å². The summed E-state index contributed by atoms with van der Waals surface area (Å²) in [4.78, 5) is 12.4. The lowest BCUT2D eigenvalue weighted by Crippen LogP contribution is -2.04. The maximum atomic E-state index is 5.93. The normalized spacial score (nSPS) is 16.6. The molecule has 2 heterocycles. The van der Waals surface area contributed by atoms with Gasteiger partial charge in [-0.2, -0.15) is 0 Å². The fourth-order valence-electron chi connectivity index (χ4n) is 1.92. The third-order valence-corrected chi connectivity index (χ3v) is 2.97. The van der Waals surface area contributed by atoms with E-state index in [1.165, 1.54) is 6.33 Å². The number of allylic oxidation sites excluding steroid dienone is 2. The minimum absolute atomic E-state index is 0.421. The van der Waals surface area contributed by atoms with Gasteiger partial charge in [-0.3, -0.25) is 0 Å². The van der Waals surface area contributed by atoms with Crippen LogP contribution in [-0.4, -0.2) is 19.5 Å². The summed E-state index contributed by atoms with van der Waals surface area (Å²) < 4.78 is 2.07. The first-order valence-corrected chi connectivity index (χ1v) is 5.22. The highest BCUT2D eigenvalue weighted by molar-refractivity contribution is 6.33. The van der Waals surface area contributed by atoms with E-state index >= 15 is 0 Å². The summed E-state index contributed by atoms with van der Waals surface area (Å²) in [7, 11) is 0. The van der Waals surface area contributed by atoms with Gasteiger partial charge in [-0.1, -0.05) is 23.8 Å². The summed E-state index contributed by atoms with van der Waals surface area (Å²) in [6.45, 7) is 0. The van der Waals surface area contributed by atoms with Gasteiger partial charge in [-0.25, -0.2) is 15.0 Å². The molecule has 2 aromatic rings. The molecule has 4 nitrogen and oxygen atoms in total. The number of imidazole rings is 1. The van der Waals surface area contributed by atoms with E-state index in [2.05, 4.69) is 31.7 Å². The van der Waals surface area contributed by atoms with Gasteiger partial charge in [0.25, 0.3) is 0 Å². The average Bonchev–Trinajstić information content (AvgIpc) is 2.85. The molecule has 0 fully saturated rings. The molecule has 0 saturated carbocycles. The monoisotopic (exact) mass is 220 g/mol. The Morgan fingerprint density at radius 1 is 1.20 bits per heavy atom. The number of hydrogen-bond donors (Lipinski definition) is 0. The van der Waals surface area contributed by atoms with Crippen LogP contribution >= 0.6 is 11.6 Å². The molecule has 0 radical (unpaired) electrons. The van der Waals surface area contributed by atoms with Gasteiger partial charge < -0.3 is 4.57 Å². The molecule has 1 aliphatic carbocycles. The predicted molar refractivity (Wildman–Crippen MR) is 57.7 cm³/mol. The van der Waals surface area contributed by atoms with Crippen molar-refractivity contribution in [3.8, 4) is 0 Å². The van der Waals surface area contributed by atoms with Crippen molar-refractivity contribution in [3.05, 3.63) is 30.0 Å². The molecule has 76 valence electrons. The van der Waals surface area contributed by atoms with Gasteiger partial charge >= 0.3 is 0 Å². The predicted octanol–water partition coefficient (Wildman–Crippen LogP) is 2.37. The van der Waals surface area contributed by atoms with Gasteiger partial charge in [-0.05, 0) is 12.8 Å². The Balaban J connectivity index is 2.16. The maximum absolute atomic E-state index is 5.93. The highest BCUT2D eigenvalue weighted by Crippen LogP contribution is 2.27. The third kappa shape index (κ3) is 1.33. The molecule has 1 aliphatic rings. The van der Waals surface area contributed by atoms with Gasteiger partial charge in [0.1, 0.15) is 11.8 Å². The molecular formula is C10H9ClN4. The average molecular weight is 221 g/mol. The van der Waals surface area contributed by atoms with Crippen LogP contribution in [0.4, 0.5) is 0 Å². The fourth-order valence-corrected chi connectivity index (χ4v) is 2.10. The first-order chi connectivity index (χ1) is 7.36. The van der Waals surface area contributed by atoms with E-state index in [4.69, 9.17) is 11.6 Å². The molecule has 0 N–H and O–H groups in total. The van der Waals surface area contributed by atoms with Crippen molar-refractivity contribution in [1.29, 1.82) is 0 Å². The molecular weight excluding hydrogens is 212 g/mol. The number of nitrogens with zero attached hydrogens (tertiary/aromatic N) is 4. The molecule has 2 aromatic heterocycles. The van der Waals surface area contributed by atoms with Crippen molar-refractivity contribution in [1.82, 2.24) is 19.5 Å². The topological polar surface area (TPSA) is 43.6 Å². The Morgan fingerprint density at radius 3 is 2.80 bits per heavy atom. The van der Waals surface area contributed by atoms with E-state index in [9.17, 15) is 0 Å². The van der Waals surface area contributed by atoms with Crippen LogP contribution in [0.15, 0.2) is 24.8 Å². The summed E-state index contributed by atoms with van der Waals surface area (Å²) >= 11 is 5.93. The zero-order valence-corrected chi connectivity index (χ0v) is 8.72. The minimum Gasteiger partial charge on any atom is -0.311 e. The van der Waals surface area contributed by atoms with Gasteiger partial charge in [-0.15, -0.1) is 0 Å². The van der Waals surface area contributed by atoms with Crippen LogP contribution < -0.4 is 0 Å². The second kappa shape index (κ2) is 3.31. The third-order valence-electron chi connectivity index (χ3n) is 2.69. The van der Waals surface area contributed by atoms with Crippen molar-refractivity contribution in [3.63, 3.8) is 0 Å². The molecule has 0 spiro atoms. The SMILES string of the molecule is Clc1ncnc2c1ncn2C1CC=CC1. The summed E-state index contributed by atoms with van der Waals surface area (Å²) in [5, 5.41) is 0.421. The van der Waals surface area contributed by atoms with E-state index in [1.54, 1.807) is 6.33 Å². The molecule has 0 saturated heterocycles. The fraction of sp³-hybridized carbons (Fsp3) is 0.300. The van der Waals surface area contributed by atoms with Crippen molar-refractivity contribution in [2.24, 2.45) is 0 Å². The lowest BCUT2D eigenvalue weighted by Gasteiger charge is -2.10. The van der Waals surface area contributed by atoms with Crippen LogP contribution in [0.2, 0.25) is 5.15 Å². The first kappa shape index (κ1) is 8.85. The van der Waals surface area contributed by atoms with Crippen LogP contribution in [0.5, 0.6) is 0 Å². The van der Waals surface area contributed by atoms with Crippen LogP contribution in [0.3, 0.4) is 0 Å². The highest BCUT2D eigenvalue weighted by Gasteiger charge is 2.17. The Hall–Kier alpha value is -1.42. The lowest BCUT2D eigenvalue weighted by molar-refractivity contribution is 0.546.